The number of nitrogens with one attached hydrogen (secondary N) is 2. The number of aliphatic hydroxyl groups excluding tert-OH is 1. The Hall–Kier alpha value is -1.92. The van der Waals surface area contributed by atoms with Gasteiger partial charge in [0, 0.05) is 18.2 Å². The summed E-state index contributed by atoms with van der Waals surface area (Å²) < 4.78 is 0. The number of Topliss-reactive ketones (excluding diaryl/α,β-unsaturated/α-hetero) is 1. The van der Waals surface area contributed by atoms with Gasteiger partial charge in [0.15, 0.2) is 5.78 Å². The summed E-state index contributed by atoms with van der Waals surface area (Å²) in [6.07, 6.45) is 1.43. The van der Waals surface area contributed by atoms with Gasteiger partial charge in [-0.1, -0.05) is 12.1 Å². The third-order valence-electron chi connectivity index (χ3n) is 4.27. The second-order valence-corrected chi connectivity index (χ2v) is 5.90. The van der Waals surface area contributed by atoms with Gasteiger partial charge in [0.05, 0.1) is 24.9 Å². The van der Waals surface area contributed by atoms with Crippen LogP contribution in [0.4, 0.5) is 5.69 Å². The van der Waals surface area contributed by atoms with Gasteiger partial charge >= 0.3 is 0 Å². The van der Waals surface area contributed by atoms with E-state index in [0.29, 0.717) is 12.2 Å². The lowest BCUT2D eigenvalue weighted by atomic mass is 9.96. The molecule has 118 valence electrons. The predicted octanol–water partition coefficient (Wildman–Crippen LogP) is 0.584. The maximum absolute atomic E-state index is 12.4. The number of amides is 1. The number of nitrogens with zero attached hydrogens (tertiary/aromatic N) is 1. The predicted molar refractivity (Wildman–Crippen MR) is 82.6 cm³/mol. The first kappa shape index (κ1) is 15.0. The van der Waals surface area contributed by atoms with Crippen LogP contribution in [0.15, 0.2) is 24.3 Å². The second-order valence-electron chi connectivity index (χ2n) is 5.90. The fraction of sp³-hybridized carbons (Fsp3) is 0.500. The zero-order chi connectivity index (χ0) is 15.5. The number of rotatable bonds is 4. The van der Waals surface area contributed by atoms with E-state index < -0.39 is 6.10 Å². The molecule has 0 saturated carbocycles. The molecule has 6 nitrogen and oxygen atoms in total. The van der Waals surface area contributed by atoms with Crippen LogP contribution in [-0.4, -0.2) is 53.6 Å². The first-order chi connectivity index (χ1) is 10.6. The van der Waals surface area contributed by atoms with Crippen molar-refractivity contribution in [1.29, 1.82) is 0 Å². The molecule has 6 heteroatoms. The average molecular weight is 303 g/mol. The van der Waals surface area contributed by atoms with Gasteiger partial charge in [0.1, 0.15) is 0 Å². The normalized spacial score (nSPS) is 24.6. The second kappa shape index (κ2) is 6.46. The van der Waals surface area contributed by atoms with Crippen molar-refractivity contribution in [3.8, 4) is 0 Å². The number of piperidine rings is 1. The summed E-state index contributed by atoms with van der Waals surface area (Å²) in [6.45, 7) is 1.24. The standard InChI is InChI=1S/C16H21N3O3/c20-11(8-14-15(21)6-3-7-17-14)9-19-10-18-13-5-2-1-4-12(13)16(19)22/h1-2,4-5,14-15,17-18,21H,3,6-10H2/t14-,15+/m1/s1. The van der Waals surface area contributed by atoms with E-state index in [-0.39, 0.29) is 30.7 Å². The highest BCUT2D eigenvalue weighted by Gasteiger charge is 2.28. The smallest absolute Gasteiger partial charge is 0.257 e. The molecule has 2 heterocycles. The molecule has 0 radical (unpaired) electrons. The zero-order valence-corrected chi connectivity index (χ0v) is 12.4. The summed E-state index contributed by atoms with van der Waals surface area (Å²) in [4.78, 5) is 26.1. The molecule has 3 N–H and O–H groups in total. The Balaban J connectivity index is 1.59. The topological polar surface area (TPSA) is 81.7 Å². The van der Waals surface area contributed by atoms with E-state index in [2.05, 4.69) is 10.6 Å². The third-order valence-corrected chi connectivity index (χ3v) is 4.27. The molecule has 1 amide bonds. The fourth-order valence-corrected chi connectivity index (χ4v) is 3.04. The molecule has 0 aromatic heterocycles. The van der Waals surface area contributed by atoms with Crippen molar-refractivity contribution in [2.24, 2.45) is 0 Å². The molecule has 2 atom stereocenters. The van der Waals surface area contributed by atoms with Gasteiger partial charge < -0.3 is 20.6 Å². The average Bonchev–Trinajstić information content (AvgIpc) is 2.53. The van der Waals surface area contributed by atoms with E-state index in [1.54, 1.807) is 6.07 Å². The van der Waals surface area contributed by atoms with Crippen molar-refractivity contribution < 1.29 is 14.7 Å². The highest BCUT2D eigenvalue weighted by atomic mass is 16.3. The monoisotopic (exact) mass is 303 g/mol. The third kappa shape index (κ3) is 3.13. The van der Waals surface area contributed by atoms with Gasteiger partial charge in [0.2, 0.25) is 0 Å². The Labute approximate surface area is 129 Å². The van der Waals surface area contributed by atoms with Crippen molar-refractivity contribution in [3.63, 3.8) is 0 Å². The zero-order valence-electron chi connectivity index (χ0n) is 12.4. The summed E-state index contributed by atoms with van der Waals surface area (Å²) in [5.74, 6) is -0.159. The number of hydrogen-bond acceptors (Lipinski definition) is 5. The summed E-state index contributed by atoms with van der Waals surface area (Å²) in [5.41, 5.74) is 1.40. The molecule has 0 bridgehead atoms. The number of hydrogen-bond donors (Lipinski definition) is 3. The molecule has 1 aromatic rings. The fourth-order valence-electron chi connectivity index (χ4n) is 3.04. The van der Waals surface area contributed by atoms with Crippen molar-refractivity contribution in [2.45, 2.75) is 31.4 Å². The van der Waals surface area contributed by atoms with E-state index >= 15 is 0 Å². The van der Waals surface area contributed by atoms with Crippen LogP contribution in [0.1, 0.15) is 29.6 Å². The lowest BCUT2D eigenvalue weighted by molar-refractivity contribution is -0.121. The Kier molecular flexibility index (Phi) is 4.40. The van der Waals surface area contributed by atoms with Gasteiger partial charge in [-0.2, -0.15) is 0 Å². The quantitative estimate of drug-likeness (QED) is 0.758. The molecular weight excluding hydrogens is 282 g/mol. The van der Waals surface area contributed by atoms with Crippen LogP contribution in [0.2, 0.25) is 0 Å². The van der Waals surface area contributed by atoms with Crippen LogP contribution in [0.5, 0.6) is 0 Å². The molecule has 2 aliphatic heterocycles. The van der Waals surface area contributed by atoms with Crippen molar-refractivity contribution in [3.05, 3.63) is 29.8 Å². The van der Waals surface area contributed by atoms with E-state index in [1.165, 1.54) is 4.90 Å². The van der Waals surface area contributed by atoms with Gasteiger partial charge in [-0.15, -0.1) is 0 Å². The molecule has 0 aliphatic carbocycles. The SMILES string of the molecule is O=C(C[C@H]1NCCC[C@@H]1O)CN1CNc2ccccc2C1=O. The molecule has 0 unspecified atom stereocenters. The van der Waals surface area contributed by atoms with Gasteiger partial charge in [-0.05, 0) is 31.5 Å². The molecule has 3 rings (SSSR count). The number of para-hydroxylation sites is 1. The Morgan fingerprint density at radius 1 is 1.36 bits per heavy atom. The first-order valence-corrected chi connectivity index (χ1v) is 7.70. The van der Waals surface area contributed by atoms with Crippen LogP contribution in [0, 0.1) is 0 Å². The lowest BCUT2D eigenvalue weighted by Gasteiger charge is -2.31. The van der Waals surface area contributed by atoms with Crippen LogP contribution in [0.3, 0.4) is 0 Å². The van der Waals surface area contributed by atoms with Gasteiger partial charge in [-0.25, -0.2) is 0 Å². The van der Waals surface area contributed by atoms with E-state index in [0.717, 1.165) is 25.1 Å². The largest absolute Gasteiger partial charge is 0.391 e. The minimum absolute atomic E-state index is 0.0343. The molecule has 1 fully saturated rings. The Morgan fingerprint density at radius 2 is 2.18 bits per heavy atom. The molecule has 0 spiro atoms. The first-order valence-electron chi connectivity index (χ1n) is 7.70. The molecular formula is C16H21N3O3. The maximum Gasteiger partial charge on any atom is 0.257 e. The number of benzene rings is 1. The summed E-state index contributed by atoms with van der Waals surface area (Å²) >= 11 is 0. The summed E-state index contributed by atoms with van der Waals surface area (Å²) in [5, 5.41) is 16.2. The van der Waals surface area contributed by atoms with Gasteiger partial charge in [0.25, 0.3) is 5.91 Å². The lowest BCUT2D eigenvalue weighted by Crippen LogP contribution is -2.48. The minimum atomic E-state index is -0.478. The summed E-state index contributed by atoms with van der Waals surface area (Å²) in [6, 6.07) is 7.10. The van der Waals surface area contributed by atoms with Crippen LogP contribution < -0.4 is 10.6 Å². The number of ketones is 1. The number of anilines is 1. The number of carbonyl (C=O) groups is 2. The van der Waals surface area contributed by atoms with E-state index in [1.807, 2.05) is 18.2 Å². The number of aliphatic hydroxyl groups is 1. The maximum atomic E-state index is 12.4. The number of fused-ring (bicyclic) bond motifs is 1. The Bertz CT molecular complexity index is 576. The van der Waals surface area contributed by atoms with Crippen molar-refractivity contribution in [2.75, 3.05) is 25.1 Å². The van der Waals surface area contributed by atoms with E-state index in [9.17, 15) is 14.7 Å². The van der Waals surface area contributed by atoms with Crippen LogP contribution >= 0.6 is 0 Å². The summed E-state index contributed by atoms with van der Waals surface area (Å²) in [7, 11) is 0. The van der Waals surface area contributed by atoms with Crippen LogP contribution in [-0.2, 0) is 4.79 Å². The minimum Gasteiger partial charge on any atom is -0.391 e. The highest BCUT2D eigenvalue weighted by Crippen LogP contribution is 2.21. The van der Waals surface area contributed by atoms with E-state index in [4.69, 9.17) is 0 Å². The molecule has 22 heavy (non-hydrogen) atoms. The number of carbonyl (C=O) groups excluding carboxylic acids is 2. The molecule has 2 aliphatic rings. The highest BCUT2D eigenvalue weighted by molar-refractivity contribution is 6.02. The molecule has 1 aromatic carbocycles. The van der Waals surface area contributed by atoms with Crippen LogP contribution in [0.25, 0.3) is 0 Å². The Morgan fingerprint density at radius 3 is 3.00 bits per heavy atom. The van der Waals surface area contributed by atoms with Crippen molar-refractivity contribution in [1.82, 2.24) is 10.2 Å². The molecule has 1 saturated heterocycles. The van der Waals surface area contributed by atoms with Crippen molar-refractivity contribution >= 4 is 17.4 Å². The van der Waals surface area contributed by atoms with Gasteiger partial charge in [-0.3, -0.25) is 9.59 Å².